The number of hydrogen-bond acceptors (Lipinski definition) is 3. The lowest BCUT2D eigenvalue weighted by atomic mass is 9.73. The molecule has 1 aliphatic carbocycles. The van der Waals surface area contributed by atoms with E-state index in [1.165, 1.54) is 45.6 Å². The van der Waals surface area contributed by atoms with Gasteiger partial charge in [-0.25, -0.2) is 0 Å². The Morgan fingerprint density at radius 3 is 2.10 bits per heavy atom. The van der Waals surface area contributed by atoms with Gasteiger partial charge in [0.05, 0.1) is 0 Å². The molecule has 1 heterocycles. The quantitative estimate of drug-likeness (QED) is 0.806. The molecule has 2 aliphatic rings. The average Bonchev–Trinajstić information content (AvgIpc) is 2.32. The second-order valence-corrected chi connectivity index (χ2v) is 7.73. The molecule has 1 aliphatic heterocycles. The zero-order chi connectivity index (χ0) is 14.7. The summed E-state index contributed by atoms with van der Waals surface area (Å²) in [7, 11) is 2.24. The summed E-state index contributed by atoms with van der Waals surface area (Å²) < 4.78 is 0. The van der Waals surface area contributed by atoms with Crippen molar-refractivity contribution < 1.29 is 0 Å². The Labute approximate surface area is 126 Å². The van der Waals surface area contributed by atoms with E-state index in [1.54, 1.807) is 0 Å². The molecular weight excluding hydrogens is 246 g/mol. The van der Waals surface area contributed by atoms with Crippen LogP contribution in [0, 0.1) is 17.8 Å². The molecule has 0 aromatic heterocycles. The molecule has 1 unspecified atom stereocenters. The third-order valence-corrected chi connectivity index (χ3v) is 5.51. The first-order valence-electron chi connectivity index (χ1n) is 8.63. The molecule has 0 aromatic carbocycles. The van der Waals surface area contributed by atoms with Crippen LogP contribution in [0.25, 0.3) is 0 Å². The fourth-order valence-corrected chi connectivity index (χ4v) is 3.60. The predicted octanol–water partition coefficient (Wildman–Crippen LogP) is 2.28. The molecule has 0 amide bonds. The van der Waals surface area contributed by atoms with Gasteiger partial charge < -0.3 is 10.2 Å². The van der Waals surface area contributed by atoms with Crippen molar-refractivity contribution >= 4 is 0 Å². The fraction of sp³-hybridized carbons (Fsp3) is 1.00. The van der Waals surface area contributed by atoms with Crippen molar-refractivity contribution in [3.63, 3.8) is 0 Å². The maximum absolute atomic E-state index is 3.84. The molecule has 0 bridgehead atoms. The van der Waals surface area contributed by atoms with Crippen LogP contribution in [0.15, 0.2) is 0 Å². The van der Waals surface area contributed by atoms with Gasteiger partial charge in [0.1, 0.15) is 0 Å². The highest BCUT2D eigenvalue weighted by molar-refractivity contribution is 4.89. The Balaban J connectivity index is 1.73. The number of rotatable bonds is 6. The van der Waals surface area contributed by atoms with E-state index in [4.69, 9.17) is 0 Å². The number of likely N-dealkylation sites (N-methyl/N-ethyl adjacent to an activating group) is 1. The van der Waals surface area contributed by atoms with Crippen molar-refractivity contribution in [2.45, 2.75) is 52.6 Å². The van der Waals surface area contributed by atoms with Gasteiger partial charge in [-0.3, -0.25) is 4.90 Å². The van der Waals surface area contributed by atoms with Crippen LogP contribution in [-0.4, -0.2) is 61.7 Å². The second kappa shape index (κ2) is 7.24. The van der Waals surface area contributed by atoms with Gasteiger partial charge in [-0.1, -0.05) is 27.7 Å². The molecule has 0 radical (unpaired) electrons. The molecule has 3 nitrogen and oxygen atoms in total. The van der Waals surface area contributed by atoms with Crippen LogP contribution in [-0.2, 0) is 0 Å². The second-order valence-electron chi connectivity index (χ2n) is 7.73. The summed E-state index contributed by atoms with van der Waals surface area (Å²) in [6.45, 7) is 15.6. The Bertz CT molecular complexity index is 276. The highest BCUT2D eigenvalue weighted by atomic mass is 15.3. The highest BCUT2D eigenvalue weighted by Gasteiger charge is 2.32. The first-order chi connectivity index (χ1) is 9.47. The summed E-state index contributed by atoms with van der Waals surface area (Å²) >= 11 is 0. The van der Waals surface area contributed by atoms with E-state index in [0.29, 0.717) is 6.04 Å². The molecular formula is C17H35N3. The van der Waals surface area contributed by atoms with E-state index in [2.05, 4.69) is 49.9 Å². The van der Waals surface area contributed by atoms with E-state index >= 15 is 0 Å². The summed E-state index contributed by atoms with van der Waals surface area (Å²) in [5.74, 6) is 2.58. The monoisotopic (exact) mass is 281 g/mol. The topological polar surface area (TPSA) is 18.5 Å². The molecule has 118 valence electrons. The van der Waals surface area contributed by atoms with E-state index in [1.807, 2.05) is 0 Å². The van der Waals surface area contributed by atoms with Crippen LogP contribution < -0.4 is 5.32 Å². The Hall–Kier alpha value is -0.120. The minimum absolute atomic E-state index is 0.710. The largest absolute Gasteiger partial charge is 0.312 e. The van der Waals surface area contributed by atoms with E-state index in [-0.39, 0.29) is 0 Å². The number of piperazine rings is 1. The van der Waals surface area contributed by atoms with Crippen molar-refractivity contribution in [2.75, 3.05) is 39.8 Å². The SMILES string of the molecule is CC(C)C1CC(NCC(C(C)C)N2CCN(C)CC2)C1. The first kappa shape index (κ1) is 16.3. The Morgan fingerprint density at radius 2 is 1.60 bits per heavy atom. The third kappa shape index (κ3) is 4.19. The smallest absolute Gasteiger partial charge is 0.0244 e. The number of nitrogens with one attached hydrogen (secondary N) is 1. The first-order valence-corrected chi connectivity index (χ1v) is 8.63. The summed E-state index contributed by atoms with van der Waals surface area (Å²) in [4.78, 5) is 5.15. The Kier molecular flexibility index (Phi) is 5.88. The molecule has 2 rings (SSSR count). The van der Waals surface area contributed by atoms with E-state index in [0.717, 1.165) is 23.8 Å². The third-order valence-electron chi connectivity index (χ3n) is 5.51. The molecule has 1 N–H and O–H groups in total. The minimum atomic E-state index is 0.710. The van der Waals surface area contributed by atoms with E-state index in [9.17, 15) is 0 Å². The lowest BCUT2D eigenvalue weighted by Crippen LogP contribution is -2.55. The molecule has 3 heteroatoms. The summed E-state index contributed by atoms with van der Waals surface area (Å²) in [5.41, 5.74) is 0. The molecule has 20 heavy (non-hydrogen) atoms. The minimum Gasteiger partial charge on any atom is -0.312 e. The highest BCUT2D eigenvalue weighted by Crippen LogP contribution is 2.33. The molecule has 0 spiro atoms. The molecule has 1 saturated heterocycles. The lowest BCUT2D eigenvalue weighted by Gasteiger charge is -2.43. The van der Waals surface area contributed by atoms with Crippen molar-refractivity contribution in [2.24, 2.45) is 17.8 Å². The van der Waals surface area contributed by atoms with Gasteiger partial charge in [0, 0.05) is 44.8 Å². The molecule has 2 fully saturated rings. The van der Waals surface area contributed by atoms with Crippen molar-refractivity contribution in [1.29, 1.82) is 0 Å². The van der Waals surface area contributed by atoms with Gasteiger partial charge >= 0.3 is 0 Å². The van der Waals surface area contributed by atoms with Crippen molar-refractivity contribution in [1.82, 2.24) is 15.1 Å². The summed E-state index contributed by atoms with van der Waals surface area (Å²) in [5, 5.41) is 3.84. The van der Waals surface area contributed by atoms with Crippen LogP contribution >= 0.6 is 0 Å². The van der Waals surface area contributed by atoms with Gasteiger partial charge in [-0.2, -0.15) is 0 Å². The van der Waals surface area contributed by atoms with Crippen LogP contribution in [0.1, 0.15) is 40.5 Å². The summed E-state index contributed by atoms with van der Waals surface area (Å²) in [6, 6.07) is 1.50. The van der Waals surface area contributed by atoms with Crippen LogP contribution in [0.3, 0.4) is 0 Å². The van der Waals surface area contributed by atoms with Crippen molar-refractivity contribution in [3.8, 4) is 0 Å². The van der Waals surface area contributed by atoms with Crippen LogP contribution in [0.2, 0.25) is 0 Å². The maximum Gasteiger partial charge on any atom is 0.0244 e. The standard InChI is InChI=1S/C17H35N3/c1-13(2)15-10-16(11-15)18-12-17(14(3)4)20-8-6-19(5)7-9-20/h13-18H,6-12H2,1-5H3. The van der Waals surface area contributed by atoms with Gasteiger partial charge in [-0.05, 0) is 37.6 Å². The molecule has 1 saturated carbocycles. The van der Waals surface area contributed by atoms with Gasteiger partial charge in [0.25, 0.3) is 0 Å². The Morgan fingerprint density at radius 1 is 1.00 bits per heavy atom. The van der Waals surface area contributed by atoms with Gasteiger partial charge in [0.2, 0.25) is 0 Å². The normalized spacial score (nSPS) is 30.8. The predicted molar refractivity (Wildman–Crippen MR) is 87.0 cm³/mol. The van der Waals surface area contributed by atoms with Gasteiger partial charge in [-0.15, -0.1) is 0 Å². The van der Waals surface area contributed by atoms with Crippen LogP contribution in [0.5, 0.6) is 0 Å². The molecule has 1 atom stereocenters. The summed E-state index contributed by atoms with van der Waals surface area (Å²) in [6.07, 6.45) is 2.79. The zero-order valence-corrected chi connectivity index (χ0v) is 14.2. The van der Waals surface area contributed by atoms with Crippen LogP contribution in [0.4, 0.5) is 0 Å². The number of nitrogens with zero attached hydrogens (tertiary/aromatic N) is 2. The average molecular weight is 281 g/mol. The zero-order valence-electron chi connectivity index (χ0n) is 14.2. The van der Waals surface area contributed by atoms with Gasteiger partial charge in [0.15, 0.2) is 0 Å². The van der Waals surface area contributed by atoms with E-state index < -0.39 is 0 Å². The molecule has 0 aromatic rings. The maximum atomic E-state index is 3.84. The van der Waals surface area contributed by atoms with Crippen molar-refractivity contribution in [3.05, 3.63) is 0 Å². The number of hydrogen-bond donors (Lipinski definition) is 1. The lowest BCUT2D eigenvalue weighted by molar-refractivity contribution is 0.0782. The fourth-order valence-electron chi connectivity index (χ4n) is 3.60.